The SMILES string of the molecule is CCCCc1nc(-c2ccc(OCC(=O)Nc3ccc(N4CCOCC4)cc3)cc2)no1. The molecule has 8 nitrogen and oxygen atoms in total. The Bertz CT molecular complexity index is 996. The summed E-state index contributed by atoms with van der Waals surface area (Å²) in [6, 6.07) is 15.1. The fourth-order valence-electron chi connectivity index (χ4n) is 3.42. The van der Waals surface area contributed by atoms with Crippen LogP contribution in [0.2, 0.25) is 0 Å². The minimum Gasteiger partial charge on any atom is -0.484 e. The number of nitrogens with zero attached hydrogens (tertiary/aromatic N) is 3. The van der Waals surface area contributed by atoms with E-state index in [-0.39, 0.29) is 12.5 Å². The first-order valence-electron chi connectivity index (χ1n) is 11.0. The van der Waals surface area contributed by atoms with Gasteiger partial charge in [-0.05, 0) is 55.0 Å². The second-order valence-electron chi connectivity index (χ2n) is 7.62. The van der Waals surface area contributed by atoms with Gasteiger partial charge >= 0.3 is 0 Å². The number of hydrogen-bond acceptors (Lipinski definition) is 7. The molecule has 1 aromatic heterocycles. The zero-order chi connectivity index (χ0) is 22.2. The summed E-state index contributed by atoms with van der Waals surface area (Å²) in [5.74, 6) is 1.59. The number of benzene rings is 2. The van der Waals surface area contributed by atoms with Crippen LogP contribution in [0.25, 0.3) is 11.4 Å². The van der Waals surface area contributed by atoms with Gasteiger partial charge < -0.3 is 24.2 Å². The van der Waals surface area contributed by atoms with Crippen molar-refractivity contribution in [1.82, 2.24) is 10.1 Å². The molecule has 1 fully saturated rings. The molecule has 32 heavy (non-hydrogen) atoms. The molecule has 1 saturated heterocycles. The third-order valence-corrected chi connectivity index (χ3v) is 5.22. The Labute approximate surface area is 187 Å². The lowest BCUT2D eigenvalue weighted by molar-refractivity contribution is -0.118. The zero-order valence-electron chi connectivity index (χ0n) is 18.3. The van der Waals surface area contributed by atoms with Crippen LogP contribution in [-0.4, -0.2) is 49.0 Å². The van der Waals surface area contributed by atoms with Crippen LogP contribution >= 0.6 is 0 Å². The predicted molar refractivity (Wildman–Crippen MR) is 122 cm³/mol. The van der Waals surface area contributed by atoms with Gasteiger partial charge in [0.2, 0.25) is 11.7 Å². The highest BCUT2D eigenvalue weighted by Crippen LogP contribution is 2.21. The van der Waals surface area contributed by atoms with Crippen LogP contribution in [0.5, 0.6) is 5.75 Å². The second-order valence-corrected chi connectivity index (χ2v) is 7.62. The van der Waals surface area contributed by atoms with Crippen molar-refractivity contribution in [3.05, 3.63) is 54.4 Å². The first kappa shape index (κ1) is 21.8. The van der Waals surface area contributed by atoms with E-state index in [2.05, 4.69) is 27.3 Å². The number of carbonyl (C=O) groups excluding carboxylic acids is 1. The zero-order valence-corrected chi connectivity index (χ0v) is 18.3. The van der Waals surface area contributed by atoms with Crippen LogP contribution < -0.4 is 15.0 Å². The topological polar surface area (TPSA) is 89.7 Å². The Morgan fingerprint density at radius 2 is 1.84 bits per heavy atom. The van der Waals surface area contributed by atoms with Crippen molar-refractivity contribution < 1.29 is 18.8 Å². The molecule has 1 aliphatic rings. The van der Waals surface area contributed by atoms with Crippen molar-refractivity contribution >= 4 is 17.3 Å². The van der Waals surface area contributed by atoms with Crippen molar-refractivity contribution in [2.45, 2.75) is 26.2 Å². The molecule has 0 bridgehead atoms. The number of ether oxygens (including phenoxy) is 2. The minimum absolute atomic E-state index is 0.0755. The second kappa shape index (κ2) is 10.8. The molecule has 0 saturated carbocycles. The van der Waals surface area contributed by atoms with Crippen LogP contribution in [0.1, 0.15) is 25.7 Å². The van der Waals surface area contributed by atoms with E-state index in [1.54, 1.807) is 12.1 Å². The largest absolute Gasteiger partial charge is 0.484 e. The lowest BCUT2D eigenvalue weighted by Crippen LogP contribution is -2.36. The van der Waals surface area contributed by atoms with Gasteiger partial charge in [-0.3, -0.25) is 4.79 Å². The monoisotopic (exact) mass is 436 g/mol. The maximum Gasteiger partial charge on any atom is 0.262 e. The van der Waals surface area contributed by atoms with Gasteiger partial charge in [-0.25, -0.2) is 0 Å². The number of anilines is 2. The molecule has 2 heterocycles. The first-order valence-corrected chi connectivity index (χ1v) is 11.0. The van der Waals surface area contributed by atoms with Crippen molar-refractivity contribution in [3.63, 3.8) is 0 Å². The quantitative estimate of drug-likeness (QED) is 0.543. The van der Waals surface area contributed by atoms with Gasteiger partial charge in [0.15, 0.2) is 6.61 Å². The summed E-state index contributed by atoms with van der Waals surface area (Å²) >= 11 is 0. The Balaban J connectivity index is 1.25. The third-order valence-electron chi connectivity index (χ3n) is 5.22. The maximum absolute atomic E-state index is 12.3. The Kier molecular flexibility index (Phi) is 7.34. The fourth-order valence-corrected chi connectivity index (χ4v) is 3.42. The number of aryl methyl sites for hydroxylation is 1. The van der Waals surface area contributed by atoms with Crippen LogP contribution in [0.4, 0.5) is 11.4 Å². The molecule has 3 aromatic rings. The highest BCUT2D eigenvalue weighted by atomic mass is 16.5. The highest BCUT2D eigenvalue weighted by molar-refractivity contribution is 5.92. The molecule has 0 spiro atoms. The van der Waals surface area contributed by atoms with Crippen molar-refractivity contribution in [2.24, 2.45) is 0 Å². The lowest BCUT2D eigenvalue weighted by atomic mass is 10.2. The molecule has 0 atom stereocenters. The average molecular weight is 437 g/mol. The van der Waals surface area contributed by atoms with E-state index in [0.29, 0.717) is 17.5 Å². The number of rotatable bonds is 9. The predicted octanol–water partition coefficient (Wildman–Crippen LogP) is 3.93. The molecule has 2 aromatic carbocycles. The van der Waals surface area contributed by atoms with Gasteiger partial charge in [-0.2, -0.15) is 4.98 Å². The summed E-state index contributed by atoms with van der Waals surface area (Å²) < 4.78 is 16.3. The molecular formula is C24H28N4O4. The van der Waals surface area contributed by atoms with E-state index < -0.39 is 0 Å². The summed E-state index contributed by atoms with van der Waals surface area (Å²) in [5, 5.41) is 6.89. The first-order chi connectivity index (χ1) is 15.7. The molecular weight excluding hydrogens is 408 g/mol. The van der Waals surface area contributed by atoms with E-state index in [1.165, 1.54) is 0 Å². The average Bonchev–Trinajstić information content (AvgIpc) is 3.32. The molecule has 1 N–H and O–H groups in total. The molecule has 0 radical (unpaired) electrons. The standard InChI is InChI=1S/C24H28N4O4/c1-2-3-4-23-26-24(27-32-23)18-5-11-21(12-6-18)31-17-22(29)25-19-7-9-20(10-8-19)28-13-15-30-16-14-28/h5-12H,2-4,13-17H2,1H3,(H,25,29). The third kappa shape index (κ3) is 5.85. The number of hydrogen-bond donors (Lipinski definition) is 1. The summed E-state index contributed by atoms with van der Waals surface area (Å²) in [6.07, 6.45) is 2.89. The minimum atomic E-state index is -0.216. The van der Waals surface area contributed by atoms with Crippen LogP contribution in [0.3, 0.4) is 0 Å². The van der Waals surface area contributed by atoms with E-state index in [1.807, 2.05) is 36.4 Å². The van der Waals surface area contributed by atoms with Gasteiger partial charge in [0, 0.05) is 36.4 Å². The van der Waals surface area contributed by atoms with E-state index in [0.717, 1.165) is 62.5 Å². The molecule has 1 amide bonds. The summed E-state index contributed by atoms with van der Waals surface area (Å²) in [7, 11) is 0. The van der Waals surface area contributed by atoms with Crippen molar-refractivity contribution in [3.8, 4) is 17.1 Å². The smallest absolute Gasteiger partial charge is 0.262 e. The van der Waals surface area contributed by atoms with Crippen molar-refractivity contribution in [2.75, 3.05) is 43.1 Å². The Hall–Kier alpha value is -3.39. The lowest BCUT2D eigenvalue weighted by Gasteiger charge is -2.28. The molecule has 0 unspecified atom stereocenters. The molecule has 1 aliphatic heterocycles. The normalized spacial score (nSPS) is 13.7. The van der Waals surface area contributed by atoms with Crippen molar-refractivity contribution in [1.29, 1.82) is 0 Å². The molecule has 168 valence electrons. The number of morpholine rings is 1. The molecule has 0 aliphatic carbocycles. The Morgan fingerprint density at radius 1 is 1.09 bits per heavy atom. The van der Waals surface area contributed by atoms with Gasteiger partial charge in [0.1, 0.15) is 5.75 Å². The van der Waals surface area contributed by atoms with Gasteiger partial charge in [-0.15, -0.1) is 0 Å². The van der Waals surface area contributed by atoms with Crippen LogP contribution in [0.15, 0.2) is 53.1 Å². The number of amides is 1. The van der Waals surface area contributed by atoms with Gasteiger partial charge in [-0.1, -0.05) is 18.5 Å². The molecule has 8 heteroatoms. The van der Waals surface area contributed by atoms with E-state index >= 15 is 0 Å². The maximum atomic E-state index is 12.3. The Morgan fingerprint density at radius 3 is 2.56 bits per heavy atom. The number of nitrogens with one attached hydrogen (secondary N) is 1. The van der Waals surface area contributed by atoms with Crippen LogP contribution in [-0.2, 0) is 16.0 Å². The number of unbranched alkanes of at least 4 members (excludes halogenated alkanes) is 1. The van der Waals surface area contributed by atoms with E-state index in [4.69, 9.17) is 14.0 Å². The fraction of sp³-hybridized carbons (Fsp3) is 0.375. The van der Waals surface area contributed by atoms with Gasteiger partial charge in [0.25, 0.3) is 5.91 Å². The van der Waals surface area contributed by atoms with Gasteiger partial charge in [0.05, 0.1) is 13.2 Å². The summed E-state index contributed by atoms with van der Waals surface area (Å²) in [5.41, 5.74) is 2.71. The summed E-state index contributed by atoms with van der Waals surface area (Å²) in [4.78, 5) is 18.9. The number of carbonyl (C=O) groups is 1. The molecule has 4 rings (SSSR count). The number of aromatic nitrogens is 2. The van der Waals surface area contributed by atoms with E-state index in [9.17, 15) is 4.79 Å². The van der Waals surface area contributed by atoms with Crippen LogP contribution in [0, 0.1) is 0 Å². The highest BCUT2D eigenvalue weighted by Gasteiger charge is 2.12. The summed E-state index contributed by atoms with van der Waals surface area (Å²) in [6.45, 7) is 5.29.